The van der Waals surface area contributed by atoms with Crippen LogP contribution < -0.4 is 0 Å². The van der Waals surface area contributed by atoms with Gasteiger partial charge in [-0.2, -0.15) is 0 Å². The number of nitrogens with zero attached hydrogens (tertiary/aromatic N) is 3. The van der Waals surface area contributed by atoms with Crippen LogP contribution in [0.1, 0.15) is 12.0 Å². The Balaban J connectivity index is 1.49. The maximum atomic E-state index is 5.69. The molecule has 3 rings (SSSR count). The lowest BCUT2D eigenvalue weighted by atomic mass is 10.1. The SMILES string of the molecule is COCCOCC1CCN(C2=NCCN2Cc2ccccc2)C1. The number of rotatable bonds is 7. The van der Waals surface area contributed by atoms with E-state index in [0.717, 1.165) is 39.3 Å². The number of aliphatic imine (C=N–C) groups is 1. The Morgan fingerprint density at radius 2 is 2.04 bits per heavy atom. The van der Waals surface area contributed by atoms with Crippen molar-refractivity contribution in [2.75, 3.05) is 53.1 Å². The molecule has 0 saturated carbocycles. The molecule has 1 atom stereocenters. The Morgan fingerprint density at radius 1 is 1.17 bits per heavy atom. The zero-order chi connectivity index (χ0) is 15.9. The fourth-order valence-electron chi connectivity index (χ4n) is 3.27. The number of methoxy groups -OCH3 is 1. The average Bonchev–Trinajstić information content (AvgIpc) is 3.22. The summed E-state index contributed by atoms with van der Waals surface area (Å²) in [6.45, 7) is 7.21. The summed E-state index contributed by atoms with van der Waals surface area (Å²) in [4.78, 5) is 9.58. The highest BCUT2D eigenvalue weighted by Crippen LogP contribution is 2.21. The minimum absolute atomic E-state index is 0.605. The second-order valence-corrected chi connectivity index (χ2v) is 6.26. The van der Waals surface area contributed by atoms with Crippen molar-refractivity contribution >= 4 is 5.96 Å². The molecule has 1 fully saturated rings. The van der Waals surface area contributed by atoms with E-state index >= 15 is 0 Å². The number of guanidine groups is 1. The number of ether oxygens (including phenoxy) is 2. The third kappa shape index (κ3) is 4.45. The van der Waals surface area contributed by atoms with Crippen LogP contribution in [-0.2, 0) is 16.0 Å². The van der Waals surface area contributed by atoms with Crippen molar-refractivity contribution in [3.63, 3.8) is 0 Å². The molecular formula is C18H27N3O2. The smallest absolute Gasteiger partial charge is 0.197 e. The topological polar surface area (TPSA) is 37.3 Å². The maximum Gasteiger partial charge on any atom is 0.197 e. The fourth-order valence-corrected chi connectivity index (χ4v) is 3.27. The zero-order valence-electron chi connectivity index (χ0n) is 14.0. The fraction of sp³-hybridized carbons (Fsp3) is 0.611. The number of likely N-dealkylation sites (tertiary alicyclic amines) is 1. The van der Waals surface area contributed by atoms with Crippen LogP contribution in [0.15, 0.2) is 35.3 Å². The van der Waals surface area contributed by atoms with Gasteiger partial charge in [-0.1, -0.05) is 30.3 Å². The number of hydrogen-bond donors (Lipinski definition) is 0. The summed E-state index contributed by atoms with van der Waals surface area (Å²) in [6, 6.07) is 10.6. The van der Waals surface area contributed by atoms with Crippen molar-refractivity contribution < 1.29 is 9.47 Å². The second kappa shape index (κ2) is 8.31. The van der Waals surface area contributed by atoms with Gasteiger partial charge in [0.15, 0.2) is 5.96 Å². The van der Waals surface area contributed by atoms with Crippen LogP contribution in [0.2, 0.25) is 0 Å². The molecule has 1 unspecified atom stereocenters. The molecule has 0 bridgehead atoms. The molecule has 1 aromatic rings. The molecule has 126 valence electrons. The summed E-state index contributed by atoms with van der Waals surface area (Å²) in [6.07, 6.45) is 1.19. The van der Waals surface area contributed by atoms with Gasteiger partial charge in [-0.3, -0.25) is 4.99 Å². The lowest BCUT2D eigenvalue weighted by molar-refractivity contribution is 0.0535. The van der Waals surface area contributed by atoms with Gasteiger partial charge in [-0.25, -0.2) is 0 Å². The van der Waals surface area contributed by atoms with Gasteiger partial charge in [-0.15, -0.1) is 0 Å². The molecule has 5 nitrogen and oxygen atoms in total. The monoisotopic (exact) mass is 317 g/mol. The first kappa shape index (κ1) is 16.3. The normalized spacial score (nSPS) is 21.1. The number of benzene rings is 1. The highest BCUT2D eigenvalue weighted by Gasteiger charge is 2.29. The van der Waals surface area contributed by atoms with Crippen LogP contribution in [-0.4, -0.2) is 68.9 Å². The van der Waals surface area contributed by atoms with Gasteiger partial charge in [0.25, 0.3) is 0 Å². The van der Waals surface area contributed by atoms with Crippen LogP contribution in [0.5, 0.6) is 0 Å². The van der Waals surface area contributed by atoms with Gasteiger partial charge in [0.05, 0.1) is 26.4 Å². The Morgan fingerprint density at radius 3 is 2.87 bits per heavy atom. The van der Waals surface area contributed by atoms with Gasteiger partial charge in [0.2, 0.25) is 0 Å². The Labute approximate surface area is 138 Å². The Kier molecular flexibility index (Phi) is 5.88. The molecule has 0 spiro atoms. The van der Waals surface area contributed by atoms with E-state index in [1.165, 1.54) is 17.9 Å². The Hall–Kier alpha value is -1.59. The first-order chi connectivity index (χ1) is 11.4. The number of hydrogen-bond acceptors (Lipinski definition) is 5. The summed E-state index contributed by atoms with van der Waals surface area (Å²) in [5.41, 5.74) is 1.35. The molecule has 1 saturated heterocycles. The van der Waals surface area contributed by atoms with Crippen LogP contribution in [0.4, 0.5) is 0 Å². The first-order valence-electron chi connectivity index (χ1n) is 8.52. The van der Waals surface area contributed by atoms with E-state index in [1.807, 2.05) is 0 Å². The second-order valence-electron chi connectivity index (χ2n) is 6.26. The summed E-state index contributed by atoms with van der Waals surface area (Å²) in [5, 5.41) is 0. The van der Waals surface area contributed by atoms with Gasteiger partial charge >= 0.3 is 0 Å². The largest absolute Gasteiger partial charge is 0.382 e. The summed E-state index contributed by atoms with van der Waals surface area (Å²) in [7, 11) is 1.71. The van der Waals surface area contributed by atoms with Gasteiger partial charge < -0.3 is 19.3 Å². The van der Waals surface area contributed by atoms with E-state index in [0.29, 0.717) is 19.1 Å². The lowest BCUT2D eigenvalue weighted by Crippen LogP contribution is -2.40. The van der Waals surface area contributed by atoms with Crippen molar-refractivity contribution in [1.82, 2.24) is 9.80 Å². The van der Waals surface area contributed by atoms with Gasteiger partial charge in [0, 0.05) is 39.2 Å². The molecule has 0 aliphatic carbocycles. The molecule has 0 amide bonds. The molecule has 0 N–H and O–H groups in total. The molecule has 2 heterocycles. The molecule has 2 aliphatic rings. The average molecular weight is 317 g/mol. The van der Waals surface area contributed by atoms with Crippen LogP contribution in [0, 0.1) is 5.92 Å². The predicted octanol–water partition coefficient (Wildman–Crippen LogP) is 1.84. The highest BCUT2D eigenvalue weighted by molar-refractivity contribution is 5.81. The molecule has 0 aromatic heterocycles. The van der Waals surface area contributed by atoms with E-state index in [4.69, 9.17) is 14.5 Å². The maximum absolute atomic E-state index is 5.69. The third-order valence-electron chi connectivity index (χ3n) is 4.48. The van der Waals surface area contributed by atoms with Crippen LogP contribution in [0.25, 0.3) is 0 Å². The molecule has 1 aromatic carbocycles. The minimum Gasteiger partial charge on any atom is -0.382 e. The third-order valence-corrected chi connectivity index (χ3v) is 4.48. The van der Waals surface area contributed by atoms with Crippen molar-refractivity contribution in [2.45, 2.75) is 13.0 Å². The van der Waals surface area contributed by atoms with Gasteiger partial charge in [-0.05, 0) is 12.0 Å². The van der Waals surface area contributed by atoms with Gasteiger partial charge in [0.1, 0.15) is 0 Å². The Bertz CT molecular complexity index is 506. The molecule has 0 radical (unpaired) electrons. The van der Waals surface area contributed by atoms with Crippen LogP contribution in [0.3, 0.4) is 0 Å². The molecule has 5 heteroatoms. The summed E-state index contributed by atoms with van der Waals surface area (Å²) >= 11 is 0. The van der Waals surface area contributed by atoms with E-state index in [1.54, 1.807) is 7.11 Å². The van der Waals surface area contributed by atoms with Crippen LogP contribution >= 0.6 is 0 Å². The molecule has 23 heavy (non-hydrogen) atoms. The van der Waals surface area contributed by atoms with E-state index in [2.05, 4.69) is 40.1 Å². The molecular weight excluding hydrogens is 290 g/mol. The summed E-state index contributed by atoms with van der Waals surface area (Å²) < 4.78 is 10.7. The van der Waals surface area contributed by atoms with Crippen molar-refractivity contribution in [3.05, 3.63) is 35.9 Å². The summed E-state index contributed by atoms with van der Waals surface area (Å²) in [5.74, 6) is 1.78. The quantitative estimate of drug-likeness (QED) is 0.719. The zero-order valence-corrected chi connectivity index (χ0v) is 14.0. The van der Waals surface area contributed by atoms with E-state index in [9.17, 15) is 0 Å². The lowest BCUT2D eigenvalue weighted by Gasteiger charge is -2.28. The van der Waals surface area contributed by atoms with E-state index in [-0.39, 0.29) is 0 Å². The van der Waals surface area contributed by atoms with Crippen molar-refractivity contribution in [1.29, 1.82) is 0 Å². The van der Waals surface area contributed by atoms with Crippen molar-refractivity contribution in [3.8, 4) is 0 Å². The van der Waals surface area contributed by atoms with Crippen molar-refractivity contribution in [2.24, 2.45) is 10.9 Å². The predicted molar refractivity (Wildman–Crippen MR) is 91.5 cm³/mol. The van der Waals surface area contributed by atoms with E-state index < -0.39 is 0 Å². The highest BCUT2D eigenvalue weighted by atomic mass is 16.5. The minimum atomic E-state index is 0.605. The molecule has 2 aliphatic heterocycles. The standard InChI is InChI=1S/C18H27N3O2/c1-22-11-12-23-15-17-7-9-20(14-17)18-19-8-10-21(18)13-16-5-3-2-4-6-16/h2-6,17H,7-15H2,1H3. The first-order valence-corrected chi connectivity index (χ1v) is 8.52.